The van der Waals surface area contributed by atoms with Crippen LogP contribution in [0.1, 0.15) is 38.9 Å². The van der Waals surface area contributed by atoms with Crippen molar-refractivity contribution in [2.75, 3.05) is 0 Å². The largest absolute Gasteiger partial charge is 0.242 e. The molecule has 0 fully saturated rings. The molecule has 0 bridgehead atoms. The molecule has 0 nitrogen and oxygen atoms in total. The Morgan fingerprint density at radius 3 is 1.86 bits per heavy atom. The molecule has 8 rings (SSSR count). The van der Waals surface area contributed by atoms with Crippen LogP contribution in [0, 0.1) is 6.92 Å². The quantitative estimate of drug-likeness (QED) is 0.291. The van der Waals surface area contributed by atoms with E-state index in [9.17, 15) is 0 Å². The zero-order valence-electron chi connectivity index (χ0n) is 19.9. The molecule has 0 radical (unpaired) electrons. The van der Waals surface area contributed by atoms with Crippen LogP contribution in [-0.2, 0) is 19.3 Å². The van der Waals surface area contributed by atoms with Crippen LogP contribution in [0.25, 0.3) is 22.3 Å². The minimum atomic E-state index is 0.355. The second kappa shape index (κ2) is 7.09. The zero-order chi connectivity index (χ0) is 23.1. The van der Waals surface area contributed by atoms with Crippen LogP contribution in [0.4, 0.5) is 0 Å². The van der Waals surface area contributed by atoms with Crippen molar-refractivity contribution < 1.29 is 0 Å². The minimum Gasteiger partial charge on any atom is -0.0667 e. The first kappa shape index (κ1) is 19.5. The molecular weight excluding hydrogens is 419 g/mol. The molecule has 35 heavy (non-hydrogen) atoms. The number of rotatable bonds is 1. The summed E-state index contributed by atoms with van der Waals surface area (Å²) in [6.07, 6.45) is 3.09. The number of aryl methyl sites for hydroxylation is 1. The average Bonchev–Trinajstić information content (AvgIpc) is 3.28. The van der Waals surface area contributed by atoms with Gasteiger partial charge in [0.25, 0.3) is 0 Å². The molecule has 5 aromatic carbocycles. The molecule has 0 saturated carbocycles. The predicted octanol–water partition coefficient (Wildman–Crippen LogP) is 5.56. The Hall–Kier alpha value is -3.84. The van der Waals surface area contributed by atoms with Gasteiger partial charge in [-0.25, -0.2) is 0 Å². The van der Waals surface area contributed by atoms with Crippen LogP contribution in [0.15, 0.2) is 97.1 Å². The van der Waals surface area contributed by atoms with Crippen LogP contribution >= 0.6 is 0 Å². The Bertz CT molecular complexity index is 1620. The average molecular weight is 444 g/mol. The van der Waals surface area contributed by atoms with Gasteiger partial charge in [0.2, 0.25) is 6.71 Å². The van der Waals surface area contributed by atoms with E-state index in [0.717, 1.165) is 19.3 Å². The van der Waals surface area contributed by atoms with Gasteiger partial charge in [0.1, 0.15) is 0 Å². The summed E-state index contributed by atoms with van der Waals surface area (Å²) < 4.78 is 0. The van der Waals surface area contributed by atoms with E-state index in [2.05, 4.69) is 104 Å². The summed E-state index contributed by atoms with van der Waals surface area (Å²) in [5.74, 6) is 0. The summed E-state index contributed by atoms with van der Waals surface area (Å²) >= 11 is 0. The summed E-state index contributed by atoms with van der Waals surface area (Å²) in [4.78, 5) is 0. The molecule has 164 valence electrons. The minimum absolute atomic E-state index is 0.355. The first-order valence-corrected chi connectivity index (χ1v) is 12.8. The van der Waals surface area contributed by atoms with E-state index >= 15 is 0 Å². The van der Waals surface area contributed by atoms with Gasteiger partial charge in [0, 0.05) is 0 Å². The highest BCUT2D eigenvalue weighted by atomic mass is 14.3. The first-order valence-electron chi connectivity index (χ1n) is 12.8. The molecule has 0 N–H and O–H groups in total. The second-order valence-corrected chi connectivity index (χ2v) is 10.5. The van der Waals surface area contributed by atoms with Crippen LogP contribution in [0.5, 0.6) is 0 Å². The molecule has 0 atom stereocenters. The standard InChI is InChI=1S/C34H25B/c1-21-8-6-13-29-30(21)20-24-11-7-12-28(33(24)29)25-18-26-16-22-9-2-4-14-31(22)35-32-15-5-3-10-23(32)17-27(19-25)34(26)35/h2-15,18-19H,16-17,20H2,1H3. The van der Waals surface area contributed by atoms with E-state index in [1.807, 2.05) is 0 Å². The summed E-state index contributed by atoms with van der Waals surface area (Å²) in [6, 6.07) is 36.9. The van der Waals surface area contributed by atoms with Gasteiger partial charge in [-0.1, -0.05) is 113 Å². The maximum absolute atomic E-state index is 2.51. The predicted molar refractivity (Wildman–Crippen MR) is 148 cm³/mol. The van der Waals surface area contributed by atoms with E-state index < -0.39 is 0 Å². The fourth-order valence-corrected chi connectivity index (χ4v) is 7.11. The van der Waals surface area contributed by atoms with Crippen molar-refractivity contribution in [1.29, 1.82) is 0 Å². The normalized spacial score (nSPS) is 14.0. The van der Waals surface area contributed by atoms with Crippen molar-refractivity contribution in [3.8, 4) is 22.3 Å². The van der Waals surface area contributed by atoms with Crippen molar-refractivity contribution in [3.63, 3.8) is 0 Å². The highest BCUT2D eigenvalue weighted by Crippen LogP contribution is 2.44. The Labute approximate surface area is 207 Å². The summed E-state index contributed by atoms with van der Waals surface area (Å²) in [5.41, 5.74) is 20.5. The lowest BCUT2D eigenvalue weighted by molar-refractivity contribution is 1.15. The summed E-state index contributed by atoms with van der Waals surface area (Å²) in [6.45, 7) is 2.61. The van der Waals surface area contributed by atoms with Gasteiger partial charge < -0.3 is 0 Å². The third kappa shape index (κ3) is 2.70. The summed E-state index contributed by atoms with van der Waals surface area (Å²) in [7, 11) is 0. The molecule has 1 heteroatoms. The van der Waals surface area contributed by atoms with Gasteiger partial charge in [-0.05, 0) is 87.4 Å². The van der Waals surface area contributed by atoms with Crippen molar-refractivity contribution in [1.82, 2.24) is 0 Å². The maximum Gasteiger partial charge on any atom is 0.242 e. The van der Waals surface area contributed by atoms with Crippen LogP contribution in [-0.4, -0.2) is 6.71 Å². The van der Waals surface area contributed by atoms with E-state index in [4.69, 9.17) is 0 Å². The van der Waals surface area contributed by atoms with Gasteiger partial charge >= 0.3 is 0 Å². The second-order valence-electron chi connectivity index (χ2n) is 10.5. The van der Waals surface area contributed by atoms with Crippen molar-refractivity contribution in [3.05, 3.63) is 136 Å². The first-order chi connectivity index (χ1) is 17.3. The molecule has 2 heterocycles. The number of hydrogen-bond acceptors (Lipinski definition) is 0. The van der Waals surface area contributed by atoms with Crippen molar-refractivity contribution in [2.45, 2.75) is 26.2 Å². The van der Waals surface area contributed by atoms with Crippen LogP contribution < -0.4 is 16.4 Å². The zero-order valence-corrected chi connectivity index (χ0v) is 19.9. The summed E-state index contributed by atoms with van der Waals surface area (Å²) in [5, 5.41) is 0. The molecule has 5 aromatic rings. The Morgan fingerprint density at radius 1 is 0.543 bits per heavy atom. The molecule has 0 saturated heterocycles. The Morgan fingerprint density at radius 2 is 1.14 bits per heavy atom. The third-order valence-corrected chi connectivity index (χ3v) is 8.64. The van der Waals surface area contributed by atoms with Crippen LogP contribution in [0.2, 0.25) is 0 Å². The van der Waals surface area contributed by atoms with Gasteiger partial charge in [0.05, 0.1) is 0 Å². The highest BCUT2D eigenvalue weighted by Gasteiger charge is 2.37. The van der Waals surface area contributed by atoms with Gasteiger partial charge in [-0.15, -0.1) is 0 Å². The monoisotopic (exact) mass is 444 g/mol. The smallest absolute Gasteiger partial charge is 0.0667 e. The van der Waals surface area contributed by atoms with E-state index in [-0.39, 0.29) is 0 Å². The fraction of sp³-hybridized carbons (Fsp3) is 0.118. The topological polar surface area (TPSA) is 0 Å². The lowest BCUT2D eigenvalue weighted by Gasteiger charge is -2.34. The molecule has 0 spiro atoms. The Kier molecular flexibility index (Phi) is 3.94. The number of hydrogen-bond donors (Lipinski definition) is 0. The number of fused-ring (bicyclic) bond motifs is 7. The lowest BCUT2D eigenvalue weighted by Crippen LogP contribution is -2.61. The van der Waals surface area contributed by atoms with Crippen molar-refractivity contribution in [2.24, 2.45) is 0 Å². The maximum atomic E-state index is 2.51. The third-order valence-electron chi connectivity index (χ3n) is 8.64. The molecule has 1 aliphatic carbocycles. The van der Waals surface area contributed by atoms with E-state index in [1.54, 1.807) is 5.46 Å². The molecular formula is C34H25B. The van der Waals surface area contributed by atoms with Gasteiger partial charge in [-0.2, -0.15) is 0 Å². The van der Waals surface area contributed by atoms with E-state index in [0.29, 0.717) is 6.71 Å². The molecule has 2 aliphatic heterocycles. The van der Waals surface area contributed by atoms with Gasteiger partial charge in [-0.3, -0.25) is 0 Å². The molecule has 0 aromatic heterocycles. The highest BCUT2D eigenvalue weighted by molar-refractivity contribution is 6.97. The fourth-order valence-electron chi connectivity index (χ4n) is 7.11. The Balaban J connectivity index is 1.38. The molecule has 0 unspecified atom stereocenters. The lowest BCUT2D eigenvalue weighted by atomic mass is 9.30. The van der Waals surface area contributed by atoms with Crippen LogP contribution in [0.3, 0.4) is 0 Å². The molecule has 3 aliphatic rings. The number of benzene rings is 5. The SMILES string of the molecule is Cc1cccc2c1Cc1cccc(-c3cc4c5c(c3)Cc3ccccc3B5c3ccccc3C4)c1-2. The van der Waals surface area contributed by atoms with E-state index in [1.165, 1.54) is 72.1 Å². The molecule has 0 amide bonds. The van der Waals surface area contributed by atoms with Gasteiger partial charge in [0.15, 0.2) is 0 Å². The van der Waals surface area contributed by atoms with Crippen molar-refractivity contribution >= 4 is 23.1 Å².